The van der Waals surface area contributed by atoms with E-state index in [1.807, 2.05) is 42.5 Å². The number of nitrogens with two attached hydrogens (primary N) is 1. The molecule has 0 aliphatic carbocycles. The maximum Gasteiger partial charge on any atom is 0.251 e. The zero-order chi connectivity index (χ0) is 14.7. The quantitative estimate of drug-likeness (QED) is 0.902. The van der Waals surface area contributed by atoms with Crippen molar-refractivity contribution in [3.8, 4) is 5.75 Å². The summed E-state index contributed by atoms with van der Waals surface area (Å²) in [6.07, 6.45) is 0.857. The highest BCUT2D eigenvalue weighted by atomic mass is 16.5. The molecule has 1 aliphatic heterocycles. The maximum absolute atomic E-state index is 12.4. The van der Waals surface area contributed by atoms with Crippen molar-refractivity contribution in [2.75, 3.05) is 13.2 Å². The van der Waals surface area contributed by atoms with Crippen LogP contribution in [-0.4, -0.2) is 19.1 Å². The molecule has 21 heavy (non-hydrogen) atoms. The Labute approximate surface area is 123 Å². The van der Waals surface area contributed by atoms with Gasteiger partial charge in [-0.05, 0) is 29.3 Å². The van der Waals surface area contributed by atoms with Crippen LogP contribution in [0.3, 0.4) is 0 Å². The van der Waals surface area contributed by atoms with Gasteiger partial charge in [-0.25, -0.2) is 0 Å². The van der Waals surface area contributed by atoms with E-state index in [1.165, 1.54) is 0 Å². The van der Waals surface area contributed by atoms with Crippen LogP contribution in [0.4, 0.5) is 0 Å². The van der Waals surface area contributed by atoms with Gasteiger partial charge in [0.2, 0.25) is 0 Å². The second-order valence-corrected chi connectivity index (χ2v) is 5.09. The largest absolute Gasteiger partial charge is 0.493 e. The van der Waals surface area contributed by atoms with E-state index >= 15 is 0 Å². The van der Waals surface area contributed by atoms with Gasteiger partial charge in [0.15, 0.2) is 0 Å². The van der Waals surface area contributed by atoms with Crippen molar-refractivity contribution in [3.05, 3.63) is 65.2 Å². The van der Waals surface area contributed by atoms with Gasteiger partial charge >= 0.3 is 0 Å². The fraction of sp³-hybridized carbons (Fsp3) is 0.235. The van der Waals surface area contributed by atoms with Crippen molar-refractivity contribution in [3.63, 3.8) is 0 Å². The third-order valence-electron chi connectivity index (χ3n) is 3.69. The van der Waals surface area contributed by atoms with E-state index in [-0.39, 0.29) is 11.9 Å². The van der Waals surface area contributed by atoms with Crippen LogP contribution in [0.5, 0.6) is 5.75 Å². The van der Waals surface area contributed by atoms with Gasteiger partial charge in [-0.1, -0.05) is 30.3 Å². The van der Waals surface area contributed by atoms with E-state index in [2.05, 4.69) is 5.32 Å². The SMILES string of the molecule is NCC(NC(=O)c1ccc2c(c1)CCO2)c1ccccc1. The van der Waals surface area contributed by atoms with E-state index in [0.29, 0.717) is 18.7 Å². The summed E-state index contributed by atoms with van der Waals surface area (Å²) in [4.78, 5) is 12.4. The lowest BCUT2D eigenvalue weighted by Gasteiger charge is -2.17. The zero-order valence-corrected chi connectivity index (χ0v) is 11.7. The topological polar surface area (TPSA) is 64.3 Å². The van der Waals surface area contributed by atoms with Crippen molar-refractivity contribution < 1.29 is 9.53 Å². The Bertz CT molecular complexity index is 640. The number of amides is 1. The lowest BCUT2D eigenvalue weighted by atomic mass is 10.0. The van der Waals surface area contributed by atoms with E-state index < -0.39 is 0 Å². The summed E-state index contributed by atoms with van der Waals surface area (Å²) in [5.41, 5.74) is 8.53. The zero-order valence-electron chi connectivity index (χ0n) is 11.7. The molecule has 4 heteroatoms. The highest BCUT2D eigenvalue weighted by molar-refractivity contribution is 5.95. The van der Waals surface area contributed by atoms with Gasteiger partial charge in [0.25, 0.3) is 5.91 Å². The molecule has 1 heterocycles. The third kappa shape index (κ3) is 2.90. The number of hydrogen-bond acceptors (Lipinski definition) is 3. The van der Waals surface area contributed by atoms with Crippen molar-refractivity contribution in [1.82, 2.24) is 5.32 Å². The lowest BCUT2D eigenvalue weighted by molar-refractivity contribution is 0.0938. The van der Waals surface area contributed by atoms with Gasteiger partial charge in [-0.2, -0.15) is 0 Å². The predicted octanol–water partition coefficient (Wildman–Crippen LogP) is 2.05. The molecular formula is C17H18N2O2. The Morgan fingerprint density at radius 1 is 1.24 bits per heavy atom. The van der Waals surface area contributed by atoms with Crippen LogP contribution in [0.2, 0.25) is 0 Å². The molecule has 0 fully saturated rings. The average molecular weight is 282 g/mol. The van der Waals surface area contributed by atoms with E-state index in [4.69, 9.17) is 10.5 Å². The van der Waals surface area contributed by atoms with E-state index in [0.717, 1.165) is 23.3 Å². The van der Waals surface area contributed by atoms with Crippen molar-refractivity contribution in [2.45, 2.75) is 12.5 Å². The summed E-state index contributed by atoms with van der Waals surface area (Å²) < 4.78 is 5.45. The fourth-order valence-corrected chi connectivity index (χ4v) is 2.53. The number of ether oxygens (including phenoxy) is 1. The number of carbonyl (C=O) groups is 1. The number of rotatable bonds is 4. The van der Waals surface area contributed by atoms with Crippen LogP contribution >= 0.6 is 0 Å². The second kappa shape index (κ2) is 5.97. The van der Waals surface area contributed by atoms with Gasteiger partial charge in [-0.15, -0.1) is 0 Å². The summed E-state index contributed by atoms with van der Waals surface area (Å²) in [5, 5.41) is 2.99. The number of benzene rings is 2. The predicted molar refractivity (Wildman–Crippen MR) is 81.3 cm³/mol. The first-order valence-electron chi connectivity index (χ1n) is 7.09. The van der Waals surface area contributed by atoms with Gasteiger partial charge < -0.3 is 15.8 Å². The summed E-state index contributed by atoms with van der Waals surface area (Å²) in [5.74, 6) is 0.772. The third-order valence-corrected chi connectivity index (χ3v) is 3.69. The molecule has 2 aromatic rings. The molecule has 4 nitrogen and oxygen atoms in total. The molecule has 0 saturated heterocycles. The minimum absolute atomic E-state index is 0.107. The van der Waals surface area contributed by atoms with Crippen molar-refractivity contribution in [1.29, 1.82) is 0 Å². The molecular weight excluding hydrogens is 264 g/mol. The monoisotopic (exact) mass is 282 g/mol. The molecule has 3 N–H and O–H groups in total. The highest BCUT2D eigenvalue weighted by Crippen LogP contribution is 2.26. The number of nitrogens with one attached hydrogen (secondary N) is 1. The van der Waals surface area contributed by atoms with E-state index in [1.54, 1.807) is 6.07 Å². The minimum atomic E-state index is -0.178. The summed E-state index contributed by atoms with van der Waals surface area (Å²) >= 11 is 0. The van der Waals surface area contributed by atoms with Crippen LogP contribution in [0.15, 0.2) is 48.5 Å². The Morgan fingerprint density at radius 3 is 2.81 bits per heavy atom. The lowest BCUT2D eigenvalue weighted by Crippen LogP contribution is -2.33. The average Bonchev–Trinajstić information content (AvgIpc) is 3.00. The smallest absolute Gasteiger partial charge is 0.251 e. The molecule has 108 valence electrons. The van der Waals surface area contributed by atoms with Crippen LogP contribution in [-0.2, 0) is 6.42 Å². The Morgan fingerprint density at radius 2 is 2.05 bits per heavy atom. The minimum Gasteiger partial charge on any atom is -0.493 e. The standard InChI is InChI=1S/C17H18N2O2/c18-11-15(12-4-2-1-3-5-12)19-17(20)14-6-7-16-13(10-14)8-9-21-16/h1-7,10,15H,8-9,11,18H2,(H,19,20). The summed E-state index contributed by atoms with van der Waals surface area (Å²) in [6, 6.07) is 15.1. The molecule has 0 radical (unpaired) electrons. The first-order valence-corrected chi connectivity index (χ1v) is 7.09. The molecule has 1 aliphatic rings. The normalized spacial score (nSPS) is 14.1. The number of hydrogen-bond donors (Lipinski definition) is 2. The fourth-order valence-electron chi connectivity index (χ4n) is 2.53. The van der Waals surface area contributed by atoms with E-state index in [9.17, 15) is 4.79 Å². The van der Waals surface area contributed by atoms with Crippen LogP contribution in [0.25, 0.3) is 0 Å². The Kier molecular flexibility index (Phi) is 3.88. The molecule has 0 aromatic heterocycles. The summed E-state index contributed by atoms with van der Waals surface area (Å²) in [7, 11) is 0. The molecule has 3 rings (SSSR count). The first-order chi connectivity index (χ1) is 10.3. The first kappa shape index (κ1) is 13.6. The number of fused-ring (bicyclic) bond motifs is 1. The highest BCUT2D eigenvalue weighted by Gasteiger charge is 2.17. The molecule has 1 atom stereocenters. The van der Waals surface area contributed by atoms with Gasteiger partial charge in [-0.3, -0.25) is 4.79 Å². The van der Waals surface area contributed by atoms with Gasteiger partial charge in [0.1, 0.15) is 5.75 Å². The van der Waals surface area contributed by atoms with Crippen LogP contribution in [0.1, 0.15) is 27.5 Å². The van der Waals surface area contributed by atoms with Gasteiger partial charge in [0.05, 0.1) is 12.6 Å². The van der Waals surface area contributed by atoms with Crippen LogP contribution in [0, 0.1) is 0 Å². The molecule has 0 spiro atoms. The van der Waals surface area contributed by atoms with Crippen molar-refractivity contribution >= 4 is 5.91 Å². The Hall–Kier alpha value is -2.33. The molecule has 2 aromatic carbocycles. The van der Waals surface area contributed by atoms with Crippen LogP contribution < -0.4 is 15.8 Å². The molecule has 0 bridgehead atoms. The number of carbonyl (C=O) groups excluding carboxylic acids is 1. The summed E-state index contributed by atoms with van der Waals surface area (Å²) in [6.45, 7) is 1.06. The molecule has 0 saturated carbocycles. The van der Waals surface area contributed by atoms with Gasteiger partial charge in [0, 0.05) is 18.5 Å². The van der Waals surface area contributed by atoms with Crippen molar-refractivity contribution in [2.24, 2.45) is 5.73 Å². The molecule has 1 unspecified atom stereocenters. The maximum atomic E-state index is 12.4. The second-order valence-electron chi connectivity index (χ2n) is 5.09. The Balaban J connectivity index is 1.76. The molecule has 1 amide bonds.